The molecule has 0 saturated heterocycles. The summed E-state index contributed by atoms with van der Waals surface area (Å²) in [7, 11) is 0. The highest BCUT2D eigenvalue weighted by Crippen LogP contribution is 2.41. The number of aryl methyl sites for hydroxylation is 1. The Labute approximate surface area is 327 Å². The fourth-order valence-electron chi connectivity index (χ4n) is 7.65. The van der Waals surface area contributed by atoms with Gasteiger partial charge in [-0.25, -0.2) is 0 Å². The normalized spacial score (nSPS) is 11.6. The summed E-state index contributed by atoms with van der Waals surface area (Å²) >= 11 is 0. The molecule has 0 aliphatic carbocycles. The van der Waals surface area contributed by atoms with Crippen molar-refractivity contribution in [2.45, 2.75) is 13.3 Å². The third-order valence-corrected chi connectivity index (χ3v) is 10.6. The van der Waals surface area contributed by atoms with E-state index >= 15 is 0 Å². The molecular formula is C54H41NO. The van der Waals surface area contributed by atoms with Gasteiger partial charge in [0.15, 0.2) is 0 Å². The lowest BCUT2D eigenvalue weighted by atomic mass is 9.95. The number of nitrogens with two attached hydrogens (primary N) is 1. The summed E-state index contributed by atoms with van der Waals surface area (Å²) in [5.74, 6) is 0. The maximum absolute atomic E-state index is 6.59. The van der Waals surface area contributed by atoms with Gasteiger partial charge in [-0.1, -0.05) is 188 Å². The second-order valence-electron chi connectivity index (χ2n) is 14.4. The van der Waals surface area contributed by atoms with E-state index in [0.29, 0.717) is 0 Å². The van der Waals surface area contributed by atoms with Crippen LogP contribution in [0.4, 0.5) is 0 Å². The van der Waals surface area contributed by atoms with Gasteiger partial charge < -0.3 is 10.2 Å². The van der Waals surface area contributed by atoms with Crippen molar-refractivity contribution in [3.05, 3.63) is 223 Å². The molecule has 2 nitrogen and oxygen atoms in total. The minimum atomic E-state index is 0.804. The first-order valence-corrected chi connectivity index (χ1v) is 19.2. The van der Waals surface area contributed by atoms with Crippen LogP contribution in [0.2, 0.25) is 0 Å². The van der Waals surface area contributed by atoms with Crippen molar-refractivity contribution < 1.29 is 4.42 Å². The Hall–Kier alpha value is -7.16. The molecule has 0 bridgehead atoms. The molecule has 1 heterocycles. The third kappa shape index (κ3) is 6.97. The fourth-order valence-corrected chi connectivity index (χ4v) is 7.65. The van der Waals surface area contributed by atoms with Crippen LogP contribution in [0.1, 0.15) is 16.7 Å². The molecule has 0 atom stereocenters. The molecule has 2 N–H and O–H groups in total. The Balaban J connectivity index is 0.000000146. The van der Waals surface area contributed by atoms with Crippen LogP contribution in [0.3, 0.4) is 0 Å². The summed E-state index contributed by atoms with van der Waals surface area (Å²) in [6.45, 7) is 2.11. The maximum atomic E-state index is 6.59. The van der Waals surface area contributed by atoms with Crippen LogP contribution in [0, 0.1) is 6.92 Å². The molecule has 0 aliphatic heterocycles. The molecular weight excluding hydrogens is 679 g/mol. The highest BCUT2D eigenvalue weighted by atomic mass is 16.3. The fraction of sp³-hybridized carbons (Fsp3) is 0.0370. The Morgan fingerprint density at radius 3 is 1.73 bits per heavy atom. The van der Waals surface area contributed by atoms with Gasteiger partial charge >= 0.3 is 0 Å². The molecule has 0 saturated carbocycles. The topological polar surface area (TPSA) is 39.2 Å². The summed E-state index contributed by atoms with van der Waals surface area (Å²) in [5, 5.41) is 7.22. The van der Waals surface area contributed by atoms with Crippen LogP contribution >= 0.6 is 0 Å². The quantitative estimate of drug-likeness (QED) is 0.174. The van der Waals surface area contributed by atoms with Gasteiger partial charge in [0.25, 0.3) is 0 Å². The van der Waals surface area contributed by atoms with E-state index in [1.807, 2.05) is 18.2 Å². The molecule has 1 aromatic heterocycles. The van der Waals surface area contributed by atoms with E-state index in [4.69, 9.17) is 10.2 Å². The first-order valence-electron chi connectivity index (χ1n) is 19.2. The van der Waals surface area contributed by atoms with Crippen LogP contribution < -0.4 is 5.73 Å². The van der Waals surface area contributed by atoms with Gasteiger partial charge in [0.1, 0.15) is 11.2 Å². The van der Waals surface area contributed by atoms with Gasteiger partial charge in [-0.05, 0) is 92.7 Å². The molecule has 10 aromatic rings. The number of hydrogen-bond donors (Lipinski definition) is 1. The number of allylic oxidation sites excluding steroid dienone is 1. The summed E-state index contributed by atoms with van der Waals surface area (Å²) in [4.78, 5) is 0. The largest absolute Gasteiger partial charge is 0.455 e. The molecule has 0 aliphatic rings. The Bertz CT molecular complexity index is 2920. The molecule has 9 aromatic carbocycles. The summed E-state index contributed by atoms with van der Waals surface area (Å²) in [5.41, 5.74) is 19.9. The second kappa shape index (κ2) is 15.3. The zero-order chi connectivity index (χ0) is 37.8. The minimum absolute atomic E-state index is 0.804. The van der Waals surface area contributed by atoms with Gasteiger partial charge in [0, 0.05) is 27.4 Å². The predicted octanol–water partition coefficient (Wildman–Crippen LogP) is 14.4. The number of hydrogen-bond acceptors (Lipinski definition) is 2. The molecule has 0 spiro atoms. The smallest absolute Gasteiger partial charge is 0.143 e. The average Bonchev–Trinajstić information content (AvgIpc) is 3.66. The summed E-state index contributed by atoms with van der Waals surface area (Å²) < 4.78 is 6.59. The number of rotatable bonds is 6. The maximum Gasteiger partial charge on any atom is 0.143 e. The average molecular weight is 720 g/mol. The molecule has 56 heavy (non-hydrogen) atoms. The van der Waals surface area contributed by atoms with Gasteiger partial charge in [0.2, 0.25) is 0 Å². The van der Waals surface area contributed by atoms with Crippen LogP contribution in [0.25, 0.3) is 82.6 Å². The lowest BCUT2D eigenvalue weighted by Gasteiger charge is -2.11. The highest BCUT2D eigenvalue weighted by Gasteiger charge is 2.16. The van der Waals surface area contributed by atoms with Gasteiger partial charge in [0.05, 0.1) is 0 Å². The van der Waals surface area contributed by atoms with Crippen molar-refractivity contribution in [3.8, 4) is 33.4 Å². The van der Waals surface area contributed by atoms with Gasteiger partial charge in [-0.15, -0.1) is 0 Å². The van der Waals surface area contributed by atoms with Crippen molar-refractivity contribution in [2.75, 3.05) is 0 Å². The van der Waals surface area contributed by atoms with Crippen molar-refractivity contribution >= 4 is 49.2 Å². The van der Waals surface area contributed by atoms with Crippen molar-refractivity contribution in [3.63, 3.8) is 0 Å². The standard InChI is InChI=1S/C27H23N.C27H18O/c28-27(17-16-21-10-4-1-5-11-21)26-19-24(22-12-6-2-7-13-22)18-25(20-26)23-14-8-3-9-15-23;1-17-9-11-19(12-10-17)22-7-4-8-23-24-16-15-20-14-13-18-5-2-3-6-21(18)25(20)27(24)28-26(22)23/h1-15,17-20H,16,28H2;2-16H,1H3/b27-17-;. The Morgan fingerprint density at radius 1 is 0.464 bits per heavy atom. The second-order valence-corrected chi connectivity index (χ2v) is 14.4. The molecule has 0 fully saturated rings. The molecule has 268 valence electrons. The lowest BCUT2D eigenvalue weighted by Crippen LogP contribution is -1.99. The predicted molar refractivity (Wildman–Crippen MR) is 239 cm³/mol. The van der Waals surface area contributed by atoms with Crippen LogP contribution in [-0.2, 0) is 6.42 Å². The highest BCUT2D eigenvalue weighted by molar-refractivity contribution is 6.23. The molecule has 0 unspecified atom stereocenters. The zero-order valence-corrected chi connectivity index (χ0v) is 31.3. The van der Waals surface area contributed by atoms with E-state index in [0.717, 1.165) is 34.4 Å². The molecule has 2 heteroatoms. The lowest BCUT2D eigenvalue weighted by molar-refractivity contribution is 0.674. The zero-order valence-electron chi connectivity index (χ0n) is 31.3. The van der Waals surface area contributed by atoms with E-state index < -0.39 is 0 Å². The van der Waals surface area contributed by atoms with Crippen molar-refractivity contribution in [2.24, 2.45) is 5.73 Å². The molecule has 10 rings (SSSR count). The number of benzene rings is 9. The van der Waals surface area contributed by atoms with E-state index in [-0.39, 0.29) is 0 Å². The van der Waals surface area contributed by atoms with Crippen LogP contribution in [0.5, 0.6) is 0 Å². The SMILES string of the molecule is Cc1ccc(-c2cccc3c2oc2c3ccc3ccc4ccccc4c32)cc1.N/C(=C\Cc1ccccc1)c1cc(-c2ccccc2)cc(-c2ccccc2)c1. The summed E-state index contributed by atoms with van der Waals surface area (Å²) in [6, 6.07) is 70.3. The monoisotopic (exact) mass is 719 g/mol. The van der Waals surface area contributed by atoms with Crippen LogP contribution in [0.15, 0.2) is 211 Å². The number of furan rings is 1. The Kier molecular flexibility index (Phi) is 9.45. The van der Waals surface area contributed by atoms with Crippen molar-refractivity contribution in [1.82, 2.24) is 0 Å². The van der Waals surface area contributed by atoms with E-state index in [2.05, 4.69) is 195 Å². The van der Waals surface area contributed by atoms with E-state index in [1.165, 1.54) is 71.3 Å². The van der Waals surface area contributed by atoms with Crippen molar-refractivity contribution in [1.29, 1.82) is 0 Å². The minimum Gasteiger partial charge on any atom is -0.455 e. The third-order valence-electron chi connectivity index (χ3n) is 10.6. The number of para-hydroxylation sites is 1. The molecule has 0 amide bonds. The Morgan fingerprint density at radius 2 is 1.04 bits per heavy atom. The van der Waals surface area contributed by atoms with E-state index in [9.17, 15) is 0 Å². The van der Waals surface area contributed by atoms with E-state index in [1.54, 1.807) is 0 Å². The van der Waals surface area contributed by atoms with Crippen LogP contribution in [-0.4, -0.2) is 0 Å². The first kappa shape index (κ1) is 34.6. The number of fused-ring (bicyclic) bond motifs is 7. The summed E-state index contributed by atoms with van der Waals surface area (Å²) in [6.07, 6.45) is 2.93. The molecule has 0 radical (unpaired) electrons. The van der Waals surface area contributed by atoms with Gasteiger partial charge in [-0.3, -0.25) is 0 Å². The first-order chi connectivity index (χ1) is 27.6. The van der Waals surface area contributed by atoms with Gasteiger partial charge in [-0.2, -0.15) is 0 Å².